The van der Waals surface area contributed by atoms with Gasteiger partial charge in [-0.1, -0.05) is 28.1 Å². The van der Waals surface area contributed by atoms with Crippen LogP contribution >= 0.6 is 15.9 Å². The average Bonchev–Trinajstić information content (AvgIpc) is 2.79. The van der Waals surface area contributed by atoms with E-state index in [1.807, 2.05) is 24.3 Å². The number of fused-ring (bicyclic) bond motifs is 1. The average molecular weight is 492 g/mol. The number of halogens is 1. The molecular formula is C24H18BrN3O4. The fourth-order valence-electron chi connectivity index (χ4n) is 3.13. The molecule has 0 aliphatic rings. The molecule has 4 aromatic rings. The predicted molar refractivity (Wildman–Crippen MR) is 126 cm³/mol. The Morgan fingerprint density at radius 1 is 1.16 bits per heavy atom. The van der Waals surface area contributed by atoms with Crippen LogP contribution in [0, 0.1) is 6.92 Å². The quantitative estimate of drug-likeness (QED) is 0.397. The van der Waals surface area contributed by atoms with Crippen LogP contribution in [-0.2, 0) is 6.61 Å². The van der Waals surface area contributed by atoms with Gasteiger partial charge in [-0.2, -0.15) is 9.78 Å². The van der Waals surface area contributed by atoms with Crippen LogP contribution in [0.1, 0.15) is 27.3 Å². The van der Waals surface area contributed by atoms with Crippen LogP contribution in [-0.4, -0.2) is 27.0 Å². The van der Waals surface area contributed by atoms with E-state index in [9.17, 15) is 9.59 Å². The van der Waals surface area contributed by atoms with Crippen molar-refractivity contribution < 1.29 is 14.6 Å². The molecule has 1 aromatic heterocycles. The third-order valence-electron chi connectivity index (χ3n) is 4.75. The molecule has 0 aliphatic carbocycles. The number of hydrogen-bond donors (Lipinski definition) is 1. The Labute approximate surface area is 191 Å². The van der Waals surface area contributed by atoms with E-state index in [0.717, 1.165) is 15.6 Å². The maximum absolute atomic E-state index is 12.8. The molecule has 0 saturated heterocycles. The van der Waals surface area contributed by atoms with Crippen molar-refractivity contribution in [3.05, 3.63) is 104 Å². The van der Waals surface area contributed by atoms with Crippen LogP contribution in [0.3, 0.4) is 0 Å². The zero-order chi connectivity index (χ0) is 22.7. The number of aromatic carboxylic acids is 1. The molecule has 0 atom stereocenters. The fraction of sp³-hybridized carbons (Fsp3) is 0.0833. The Morgan fingerprint density at radius 2 is 1.94 bits per heavy atom. The maximum atomic E-state index is 12.8. The summed E-state index contributed by atoms with van der Waals surface area (Å²) in [6.07, 6.45) is 1.58. The van der Waals surface area contributed by atoms with E-state index >= 15 is 0 Å². The summed E-state index contributed by atoms with van der Waals surface area (Å²) in [4.78, 5) is 28.3. The minimum Gasteiger partial charge on any atom is -0.489 e. The SMILES string of the molecule is Cc1nc2ccc(Br)cc2c(=O)n1N=Cc1ccc(OCc2cccc(C(=O)O)c2)cc1. The summed E-state index contributed by atoms with van der Waals surface area (Å²) in [6.45, 7) is 1.98. The van der Waals surface area contributed by atoms with Gasteiger partial charge in [0.25, 0.3) is 5.56 Å². The lowest BCUT2D eigenvalue weighted by molar-refractivity contribution is 0.0696. The number of aryl methyl sites for hydroxylation is 1. The van der Waals surface area contributed by atoms with E-state index in [1.54, 1.807) is 49.5 Å². The van der Waals surface area contributed by atoms with E-state index in [0.29, 0.717) is 22.5 Å². The highest BCUT2D eigenvalue weighted by Gasteiger charge is 2.08. The summed E-state index contributed by atoms with van der Waals surface area (Å²) in [5, 5.41) is 13.9. The Hall–Kier alpha value is -3.78. The molecule has 8 heteroatoms. The molecule has 0 saturated carbocycles. The van der Waals surface area contributed by atoms with E-state index in [1.165, 1.54) is 10.7 Å². The minimum absolute atomic E-state index is 0.221. The van der Waals surface area contributed by atoms with Crippen molar-refractivity contribution in [2.45, 2.75) is 13.5 Å². The third-order valence-corrected chi connectivity index (χ3v) is 5.25. The summed E-state index contributed by atoms with van der Waals surface area (Å²) >= 11 is 3.38. The highest BCUT2D eigenvalue weighted by molar-refractivity contribution is 9.10. The number of ether oxygens (including phenoxy) is 1. The minimum atomic E-state index is -0.973. The van der Waals surface area contributed by atoms with Crippen molar-refractivity contribution >= 4 is 39.0 Å². The predicted octanol–water partition coefficient (Wildman–Crippen LogP) is 4.63. The first kappa shape index (κ1) is 21.5. The molecule has 0 unspecified atom stereocenters. The topological polar surface area (TPSA) is 93.8 Å². The Morgan fingerprint density at radius 3 is 2.69 bits per heavy atom. The number of nitrogens with zero attached hydrogens (tertiary/aromatic N) is 3. The molecule has 32 heavy (non-hydrogen) atoms. The van der Waals surface area contributed by atoms with Gasteiger partial charge in [0.15, 0.2) is 0 Å². The molecule has 0 radical (unpaired) electrons. The van der Waals surface area contributed by atoms with Gasteiger partial charge in [0, 0.05) is 4.47 Å². The second-order valence-corrected chi connectivity index (χ2v) is 7.96. The molecule has 3 aromatic carbocycles. The lowest BCUT2D eigenvalue weighted by atomic mass is 10.1. The molecule has 7 nitrogen and oxygen atoms in total. The summed E-state index contributed by atoms with van der Waals surface area (Å²) in [6, 6.07) is 19.2. The molecule has 0 spiro atoms. The molecule has 0 aliphatic heterocycles. The van der Waals surface area contributed by atoms with Crippen molar-refractivity contribution in [3.8, 4) is 5.75 Å². The van der Waals surface area contributed by atoms with E-state index in [-0.39, 0.29) is 17.7 Å². The largest absolute Gasteiger partial charge is 0.489 e. The zero-order valence-electron chi connectivity index (χ0n) is 17.0. The molecule has 0 fully saturated rings. The van der Waals surface area contributed by atoms with Gasteiger partial charge >= 0.3 is 5.97 Å². The smallest absolute Gasteiger partial charge is 0.335 e. The third kappa shape index (κ3) is 4.76. The lowest BCUT2D eigenvalue weighted by Crippen LogP contribution is -2.20. The number of carbonyl (C=O) groups is 1. The van der Waals surface area contributed by atoms with Gasteiger partial charge in [-0.25, -0.2) is 9.78 Å². The van der Waals surface area contributed by atoms with Crippen molar-refractivity contribution in [1.82, 2.24) is 9.66 Å². The second kappa shape index (κ2) is 9.15. The van der Waals surface area contributed by atoms with Gasteiger partial charge in [0.05, 0.1) is 22.7 Å². The maximum Gasteiger partial charge on any atom is 0.335 e. The zero-order valence-corrected chi connectivity index (χ0v) is 18.6. The molecule has 160 valence electrons. The van der Waals surface area contributed by atoms with Crippen molar-refractivity contribution in [3.63, 3.8) is 0 Å². The van der Waals surface area contributed by atoms with E-state index < -0.39 is 5.97 Å². The molecule has 0 bridgehead atoms. The van der Waals surface area contributed by atoms with Gasteiger partial charge in [-0.05, 0) is 72.6 Å². The van der Waals surface area contributed by atoms with Crippen LogP contribution in [0.25, 0.3) is 10.9 Å². The first-order valence-corrected chi connectivity index (χ1v) is 10.5. The second-order valence-electron chi connectivity index (χ2n) is 7.05. The monoisotopic (exact) mass is 491 g/mol. The standard InChI is InChI=1S/C24H18BrN3O4/c1-15-27-22-10-7-19(25)12-21(22)23(29)28(15)26-13-16-5-8-20(9-6-16)32-14-17-3-2-4-18(11-17)24(30)31/h2-13H,14H2,1H3,(H,30,31). The molecule has 4 rings (SSSR count). The number of aromatic nitrogens is 2. The Kier molecular flexibility index (Phi) is 6.13. The van der Waals surface area contributed by atoms with Crippen molar-refractivity contribution in [2.75, 3.05) is 0 Å². The van der Waals surface area contributed by atoms with Gasteiger partial charge in [-0.15, -0.1) is 0 Å². The molecule has 0 amide bonds. The Balaban J connectivity index is 1.49. The molecule has 1 N–H and O–H groups in total. The van der Waals surface area contributed by atoms with E-state index in [4.69, 9.17) is 9.84 Å². The highest BCUT2D eigenvalue weighted by Crippen LogP contribution is 2.17. The first-order valence-electron chi connectivity index (χ1n) is 9.69. The first-order chi connectivity index (χ1) is 15.4. The summed E-state index contributed by atoms with van der Waals surface area (Å²) in [7, 11) is 0. The number of carboxylic acids is 1. The lowest BCUT2D eigenvalue weighted by Gasteiger charge is -2.07. The fourth-order valence-corrected chi connectivity index (χ4v) is 3.49. The van der Waals surface area contributed by atoms with Gasteiger partial charge < -0.3 is 9.84 Å². The van der Waals surface area contributed by atoms with Crippen LogP contribution in [0.5, 0.6) is 5.75 Å². The van der Waals surface area contributed by atoms with Crippen molar-refractivity contribution in [1.29, 1.82) is 0 Å². The number of hydrogen-bond acceptors (Lipinski definition) is 5. The van der Waals surface area contributed by atoms with Gasteiger partial charge in [-0.3, -0.25) is 4.79 Å². The summed E-state index contributed by atoms with van der Waals surface area (Å²) < 4.78 is 7.81. The molecular weight excluding hydrogens is 474 g/mol. The van der Waals surface area contributed by atoms with Crippen LogP contribution in [0.15, 0.2) is 81.1 Å². The number of benzene rings is 3. The molecule has 1 heterocycles. The van der Waals surface area contributed by atoms with Crippen molar-refractivity contribution in [2.24, 2.45) is 5.10 Å². The highest BCUT2D eigenvalue weighted by atomic mass is 79.9. The van der Waals surface area contributed by atoms with Crippen LogP contribution in [0.2, 0.25) is 0 Å². The van der Waals surface area contributed by atoms with Gasteiger partial charge in [0.1, 0.15) is 18.2 Å². The number of rotatable bonds is 6. The van der Waals surface area contributed by atoms with Gasteiger partial charge in [0.2, 0.25) is 0 Å². The summed E-state index contributed by atoms with van der Waals surface area (Å²) in [5.74, 6) is 0.150. The van der Waals surface area contributed by atoms with E-state index in [2.05, 4.69) is 26.0 Å². The Bertz CT molecular complexity index is 1400. The van der Waals surface area contributed by atoms with Crippen LogP contribution in [0.4, 0.5) is 0 Å². The van der Waals surface area contributed by atoms with Crippen LogP contribution < -0.4 is 10.3 Å². The number of carboxylic acid groups (broad SMARTS) is 1. The normalized spacial score (nSPS) is 11.2. The summed E-state index contributed by atoms with van der Waals surface area (Å²) in [5.41, 5.74) is 2.15.